The van der Waals surface area contributed by atoms with Crippen LogP contribution in [-0.2, 0) is 17.6 Å². The number of guanidine groups is 1. The third-order valence-electron chi connectivity index (χ3n) is 3.73. The predicted octanol–water partition coefficient (Wildman–Crippen LogP) is 2.56. The van der Waals surface area contributed by atoms with Crippen LogP contribution in [0.1, 0.15) is 9.75 Å². The molecule has 0 aliphatic carbocycles. The van der Waals surface area contributed by atoms with Crippen LogP contribution >= 0.6 is 22.7 Å². The van der Waals surface area contributed by atoms with Crippen molar-refractivity contribution in [3.8, 4) is 0 Å². The smallest absolute Gasteiger partial charge is 0.243 e. The molecule has 0 atom stereocenters. The molecular weight excluding hydrogens is 352 g/mol. The van der Waals surface area contributed by atoms with Crippen LogP contribution in [0.4, 0.5) is 0 Å². The fourth-order valence-electron chi connectivity index (χ4n) is 2.19. The van der Waals surface area contributed by atoms with Crippen molar-refractivity contribution >= 4 is 34.5 Å². The monoisotopic (exact) mass is 378 g/mol. The van der Waals surface area contributed by atoms with Crippen molar-refractivity contribution in [1.29, 1.82) is 0 Å². The molecular formula is C18H26N4OS2. The minimum Gasteiger partial charge on any atom is -0.356 e. The lowest BCUT2D eigenvalue weighted by Crippen LogP contribution is -2.41. The van der Waals surface area contributed by atoms with E-state index in [1.165, 1.54) is 9.75 Å². The molecule has 0 aliphatic rings. The van der Waals surface area contributed by atoms with E-state index < -0.39 is 0 Å². The Morgan fingerprint density at radius 2 is 1.72 bits per heavy atom. The van der Waals surface area contributed by atoms with Gasteiger partial charge in [-0.05, 0) is 35.7 Å². The molecule has 0 unspecified atom stereocenters. The molecule has 0 aliphatic heterocycles. The number of aliphatic imine (C=N–C) groups is 1. The molecule has 25 heavy (non-hydrogen) atoms. The SMILES string of the molecule is CN(C)C(=O)CN=C(NCCc1cccs1)N(C)CCc1cccs1. The summed E-state index contributed by atoms with van der Waals surface area (Å²) in [6.07, 6.45) is 1.93. The zero-order chi connectivity index (χ0) is 18.1. The van der Waals surface area contributed by atoms with Crippen LogP contribution in [0, 0.1) is 0 Å². The van der Waals surface area contributed by atoms with Crippen molar-refractivity contribution in [3.05, 3.63) is 44.8 Å². The number of carbonyl (C=O) groups excluding carboxylic acids is 1. The lowest BCUT2D eigenvalue weighted by atomic mass is 10.3. The molecule has 0 fully saturated rings. The number of thiophene rings is 2. The molecule has 0 radical (unpaired) electrons. The summed E-state index contributed by atoms with van der Waals surface area (Å²) >= 11 is 3.53. The van der Waals surface area contributed by atoms with Gasteiger partial charge < -0.3 is 15.1 Å². The zero-order valence-electron chi connectivity index (χ0n) is 15.1. The Morgan fingerprint density at radius 1 is 1.08 bits per heavy atom. The first-order chi connectivity index (χ1) is 12.1. The first kappa shape index (κ1) is 19.5. The van der Waals surface area contributed by atoms with Crippen LogP contribution < -0.4 is 5.32 Å². The lowest BCUT2D eigenvalue weighted by molar-refractivity contribution is -0.127. The molecule has 0 saturated heterocycles. The molecule has 1 N–H and O–H groups in total. The third-order valence-corrected chi connectivity index (χ3v) is 5.61. The number of amides is 1. The summed E-state index contributed by atoms with van der Waals surface area (Å²) in [5.74, 6) is 0.785. The first-order valence-electron chi connectivity index (χ1n) is 8.30. The number of carbonyl (C=O) groups is 1. The Hall–Kier alpha value is -1.86. The Balaban J connectivity index is 1.91. The predicted molar refractivity (Wildman–Crippen MR) is 108 cm³/mol. The van der Waals surface area contributed by atoms with Gasteiger partial charge in [-0.3, -0.25) is 4.79 Å². The van der Waals surface area contributed by atoms with Crippen molar-refractivity contribution in [1.82, 2.24) is 15.1 Å². The molecule has 0 saturated carbocycles. The number of hydrogen-bond acceptors (Lipinski definition) is 4. The summed E-state index contributed by atoms with van der Waals surface area (Å²) in [6.45, 7) is 1.83. The minimum atomic E-state index is 0.00390. The van der Waals surface area contributed by atoms with E-state index in [4.69, 9.17) is 0 Å². The summed E-state index contributed by atoms with van der Waals surface area (Å²) in [5.41, 5.74) is 0. The second-order valence-corrected chi connectivity index (χ2v) is 8.00. The molecule has 1 amide bonds. The Labute approximate surface area is 158 Å². The van der Waals surface area contributed by atoms with Crippen LogP contribution in [0.15, 0.2) is 40.0 Å². The second-order valence-electron chi connectivity index (χ2n) is 5.94. The standard InChI is InChI=1S/C18H26N4OS2/c1-21(2)17(23)14-20-18(19-10-8-15-6-4-12-24-15)22(3)11-9-16-7-5-13-25-16/h4-7,12-13H,8-11,14H2,1-3H3,(H,19,20). The fourth-order valence-corrected chi connectivity index (χ4v) is 3.59. The van der Waals surface area contributed by atoms with E-state index in [2.05, 4.69) is 50.2 Å². The Morgan fingerprint density at radius 3 is 2.28 bits per heavy atom. The number of nitrogens with zero attached hydrogens (tertiary/aromatic N) is 3. The average Bonchev–Trinajstić information content (AvgIpc) is 3.28. The maximum Gasteiger partial charge on any atom is 0.243 e. The molecule has 2 aromatic heterocycles. The largest absolute Gasteiger partial charge is 0.356 e. The molecule has 2 heterocycles. The molecule has 0 spiro atoms. The van der Waals surface area contributed by atoms with E-state index in [1.807, 2.05) is 7.05 Å². The Kier molecular flexibility index (Phi) is 7.94. The topological polar surface area (TPSA) is 47.9 Å². The van der Waals surface area contributed by atoms with Crippen LogP contribution in [0.5, 0.6) is 0 Å². The Bertz CT molecular complexity index is 651. The van der Waals surface area contributed by atoms with E-state index in [-0.39, 0.29) is 12.5 Å². The highest BCUT2D eigenvalue weighted by atomic mass is 32.1. The third kappa shape index (κ3) is 6.88. The summed E-state index contributed by atoms with van der Waals surface area (Å²) in [5, 5.41) is 7.58. The van der Waals surface area contributed by atoms with Gasteiger partial charge in [-0.15, -0.1) is 22.7 Å². The molecule has 7 heteroatoms. The van der Waals surface area contributed by atoms with Gasteiger partial charge in [0.25, 0.3) is 0 Å². The lowest BCUT2D eigenvalue weighted by Gasteiger charge is -2.22. The molecule has 2 rings (SSSR count). The van der Waals surface area contributed by atoms with Gasteiger partial charge in [-0.2, -0.15) is 0 Å². The van der Waals surface area contributed by atoms with Gasteiger partial charge in [0.1, 0.15) is 6.54 Å². The summed E-state index contributed by atoms with van der Waals surface area (Å²) in [7, 11) is 5.52. The normalized spacial score (nSPS) is 11.4. The fraction of sp³-hybridized carbons (Fsp3) is 0.444. The van der Waals surface area contributed by atoms with Crippen LogP contribution in [0.25, 0.3) is 0 Å². The van der Waals surface area contributed by atoms with Gasteiger partial charge in [-0.1, -0.05) is 12.1 Å². The first-order valence-corrected chi connectivity index (χ1v) is 10.1. The average molecular weight is 379 g/mol. The van der Waals surface area contributed by atoms with Crippen molar-refractivity contribution in [2.45, 2.75) is 12.8 Å². The van der Waals surface area contributed by atoms with E-state index in [1.54, 1.807) is 41.7 Å². The summed E-state index contributed by atoms with van der Waals surface area (Å²) < 4.78 is 0. The van der Waals surface area contributed by atoms with Gasteiger partial charge in [-0.25, -0.2) is 4.99 Å². The van der Waals surface area contributed by atoms with E-state index in [9.17, 15) is 4.79 Å². The highest BCUT2D eigenvalue weighted by Gasteiger charge is 2.09. The highest BCUT2D eigenvalue weighted by Crippen LogP contribution is 2.10. The van der Waals surface area contributed by atoms with Gasteiger partial charge in [0.05, 0.1) is 0 Å². The van der Waals surface area contributed by atoms with Gasteiger partial charge in [0.15, 0.2) is 5.96 Å². The van der Waals surface area contributed by atoms with Gasteiger partial charge in [0, 0.05) is 44.0 Å². The molecule has 0 aromatic carbocycles. The zero-order valence-corrected chi connectivity index (χ0v) is 16.7. The second kappa shape index (κ2) is 10.2. The quantitative estimate of drug-likeness (QED) is 0.567. The molecule has 136 valence electrons. The van der Waals surface area contributed by atoms with Crippen LogP contribution in [0.2, 0.25) is 0 Å². The minimum absolute atomic E-state index is 0.00390. The summed E-state index contributed by atoms with van der Waals surface area (Å²) in [6, 6.07) is 8.43. The van der Waals surface area contributed by atoms with E-state index >= 15 is 0 Å². The van der Waals surface area contributed by atoms with Crippen molar-refractivity contribution in [3.63, 3.8) is 0 Å². The van der Waals surface area contributed by atoms with Crippen molar-refractivity contribution < 1.29 is 4.79 Å². The number of hydrogen-bond donors (Lipinski definition) is 1. The number of nitrogens with one attached hydrogen (secondary N) is 1. The van der Waals surface area contributed by atoms with Crippen LogP contribution in [0.3, 0.4) is 0 Å². The maximum absolute atomic E-state index is 11.9. The van der Waals surface area contributed by atoms with E-state index in [0.717, 1.165) is 31.9 Å². The van der Waals surface area contributed by atoms with Crippen molar-refractivity contribution in [2.75, 3.05) is 40.8 Å². The molecule has 5 nitrogen and oxygen atoms in total. The summed E-state index contributed by atoms with van der Waals surface area (Å²) in [4.78, 5) is 22.7. The van der Waals surface area contributed by atoms with Gasteiger partial charge >= 0.3 is 0 Å². The van der Waals surface area contributed by atoms with E-state index in [0.29, 0.717) is 0 Å². The van der Waals surface area contributed by atoms with Crippen LogP contribution in [-0.4, -0.2) is 62.4 Å². The molecule has 2 aromatic rings. The highest BCUT2D eigenvalue weighted by molar-refractivity contribution is 7.10. The van der Waals surface area contributed by atoms with Crippen molar-refractivity contribution in [2.24, 2.45) is 4.99 Å². The molecule has 0 bridgehead atoms. The number of rotatable bonds is 8. The number of likely N-dealkylation sites (N-methyl/N-ethyl adjacent to an activating group) is 2. The maximum atomic E-state index is 11.9. The van der Waals surface area contributed by atoms with Gasteiger partial charge in [0.2, 0.25) is 5.91 Å².